The van der Waals surface area contributed by atoms with Crippen molar-refractivity contribution in [3.63, 3.8) is 0 Å². The smallest absolute Gasteiger partial charge is 0.270 e. The van der Waals surface area contributed by atoms with Crippen LogP contribution < -0.4 is 5.73 Å². The summed E-state index contributed by atoms with van der Waals surface area (Å²) in [7, 11) is 0. The van der Waals surface area contributed by atoms with E-state index in [1.807, 2.05) is 12.1 Å². The number of carbonyl (C=O) groups is 1. The van der Waals surface area contributed by atoms with Gasteiger partial charge < -0.3 is 5.73 Å². The number of halogens is 1. The number of thiophene rings is 1. The van der Waals surface area contributed by atoms with Gasteiger partial charge in [0.1, 0.15) is 0 Å². The van der Waals surface area contributed by atoms with Gasteiger partial charge in [-0.15, -0.1) is 16.4 Å². The number of hydrogen-bond donors (Lipinski definition) is 1. The molecule has 134 valence electrons. The Morgan fingerprint density at radius 2 is 1.88 bits per heavy atom. The first-order valence-electron chi connectivity index (χ1n) is 8.96. The quantitative estimate of drug-likeness (QED) is 0.607. The summed E-state index contributed by atoms with van der Waals surface area (Å²) in [4.78, 5) is 12.9. The molecular weight excluding hydrogens is 410 g/mol. The number of rotatable bonds is 4. The maximum absolute atomic E-state index is 11.8. The minimum absolute atomic E-state index is 0.278. The van der Waals surface area contributed by atoms with Gasteiger partial charge in [0.05, 0.1) is 10.4 Å². The van der Waals surface area contributed by atoms with E-state index in [0.29, 0.717) is 5.92 Å². The highest BCUT2D eigenvalue weighted by Crippen LogP contribution is 2.37. The SMILES string of the molecule is NC(=O)c1nnc(CC2CCCCC2)c2cc(-c3ccc(Br)cc3)sc12. The molecule has 0 spiro atoms. The summed E-state index contributed by atoms with van der Waals surface area (Å²) < 4.78 is 1.90. The lowest BCUT2D eigenvalue weighted by molar-refractivity contribution is 0.0996. The molecule has 0 radical (unpaired) electrons. The molecule has 2 aromatic heterocycles. The number of nitrogens with zero attached hydrogens (tertiary/aromatic N) is 2. The Morgan fingerprint density at radius 3 is 2.58 bits per heavy atom. The summed E-state index contributed by atoms with van der Waals surface area (Å²) in [5.41, 5.74) is 7.94. The molecule has 6 heteroatoms. The highest BCUT2D eigenvalue weighted by Gasteiger charge is 2.21. The van der Waals surface area contributed by atoms with Crippen molar-refractivity contribution in [2.45, 2.75) is 38.5 Å². The van der Waals surface area contributed by atoms with Gasteiger partial charge in [0.15, 0.2) is 5.69 Å². The van der Waals surface area contributed by atoms with Gasteiger partial charge >= 0.3 is 0 Å². The molecule has 1 saturated carbocycles. The maximum Gasteiger partial charge on any atom is 0.270 e. The summed E-state index contributed by atoms with van der Waals surface area (Å²) in [6.45, 7) is 0. The Bertz CT molecular complexity index is 946. The van der Waals surface area contributed by atoms with E-state index in [0.717, 1.165) is 37.1 Å². The number of aromatic nitrogens is 2. The van der Waals surface area contributed by atoms with Crippen LogP contribution in [0.1, 0.15) is 48.3 Å². The van der Waals surface area contributed by atoms with Crippen molar-refractivity contribution in [3.8, 4) is 10.4 Å². The molecule has 1 aliphatic rings. The van der Waals surface area contributed by atoms with Crippen LogP contribution in [0.3, 0.4) is 0 Å². The molecule has 4 nitrogen and oxygen atoms in total. The van der Waals surface area contributed by atoms with E-state index in [-0.39, 0.29) is 5.69 Å². The third-order valence-corrected chi connectivity index (χ3v) is 6.82. The topological polar surface area (TPSA) is 68.9 Å². The minimum atomic E-state index is -0.518. The average Bonchev–Trinajstić information content (AvgIpc) is 3.09. The zero-order valence-electron chi connectivity index (χ0n) is 14.4. The lowest BCUT2D eigenvalue weighted by Gasteiger charge is -2.21. The molecule has 26 heavy (non-hydrogen) atoms. The van der Waals surface area contributed by atoms with E-state index in [9.17, 15) is 4.79 Å². The van der Waals surface area contributed by atoms with E-state index in [4.69, 9.17) is 5.73 Å². The Morgan fingerprint density at radius 1 is 1.15 bits per heavy atom. The fourth-order valence-corrected chi connectivity index (χ4v) is 5.16. The van der Waals surface area contributed by atoms with E-state index in [1.54, 1.807) is 11.3 Å². The molecule has 2 N–H and O–H groups in total. The molecular formula is C20H20BrN3OS. The van der Waals surface area contributed by atoms with Crippen LogP contribution in [-0.2, 0) is 6.42 Å². The molecule has 0 atom stereocenters. The average molecular weight is 430 g/mol. The van der Waals surface area contributed by atoms with E-state index >= 15 is 0 Å². The molecule has 1 amide bonds. The Labute approximate surface area is 165 Å². The highest BCUT2D eigenvalue weighted by molar-refractivity contribution is 9.10. The zero-order chi connectivity index (χ0) is 18.1. The first-order chi connectivity index (χ1) is 12.6. The number of nitrogens with two attached hydrogens (primary N) is 1. The predicted molar refractivity (Wildman–Crippen MR) is 109 cm³/mol. The molecule has 0 unspecified atom stereocenters. The third-order valence-electron chi connectivity index (χ3n) is 5.10. The van der Waals surface area contributed by atoms with Crippen LogP contribution in [0.2, 0.25) is 0 Å². The van der Waals surface area contributed by atoms with Gasteiger partial charge in [-0.3, -0.25) is 4.79 Å². The normalized spacial score (nSPS) is 15.4. The fourth-order valence-electron chi connectivity index (χ4n) is 3.72. The van der Waals surface area contributed by atoms with Crippen molar-refractivity contribution in [1.82, 2.24) is 10.2 Å². The molecule has 1 aromatic carbocycles. The van der Waals surface area contributed by atoms with Crippen LogP contribution in [0.4, 0.5) is 0 Å². The van der Waals surface area contributed by atoms with Crippen LogP contribution >= 0.6 is 27.3 Å². The summed E-state index contributed by atoms with van der Waals surface area (Å²) in [6.07, 6.45) is 7.38. The summed E-state index contributed by atoms with van der Waals surface area (Å²) in [5.74, 6) is 0.146. The largest absolute Gasteiger partial charge is 0.364 e. The van der Waals surface area contributed by atoms with Gasteiger partial charge in [-0.25, -0.2) is 0 Å². The number of amides is 1. The Balaban J connectivity index is 1.78. The molecule has 1 aliphatic carbocycles. The molecule has 0 saturated heterocycles. The number of benzene rings is 1. The molecule has 0 aliphatic heterocycles. The first-order valence-corrected chi connectivity index (χ1v) is 10.6. The Hall–Kier alpha value is -1.79. The van der Waals surface area contributed by atoms with E-state index in [2.05, 4.69) is 44.3 Å². The number of fused-ring (bicyclic) bond motifs is 1. The molecule has 0 bridgehead atoms. The van der Waals surface area contributed by atoms with Gasteiger partial charge in [0.2, 0.25) is 0 Å². The predicted octanol–water partition coefficient (Wildman–Crippen LogP) is 5.34. The van der Waals surface area contributed by atoms with Crippen molar-refractivity contribution in [1.29, 1.82) is 0 Å². The lowest BCUT2D eigenvalue weighted by atomic mass is 9.85. The van der Waals surface area contributed by atoms with Gasteiger partial charge in [-0.05, 0) is 36.1 Å². The second-order valence-electron chi connectivity index (χ2n) is 6.93. The number of hydrogen-bond acceptors (Lipinski definition) is 4. The maximum atomic E-state index is 11.8. The standard InChI is InChI=1S/C20H20BrN3OS/c21-14-8-6-13(7-9-14)17-11-15-16(10-12-4-2-1-3-5-12)23-24-18(20(22)25)19(15)26-17/h6-9,11-12H,1-5,10H2,(H2,22,25). The lowest BCUT2D eigenvalue weighted by Crippen LogP contribution is -2.16. The fraction of sp³-hybridized carbons (Fsp3) is 0.350. The van der Waals surface area contributed by atoms with Crippen LogP contribution in [-0.4, -0.2) is 16.1 Å². The summed E-state index contributed by atoms with van der Waals surface area (Å²) in [6, 6.07) is 10.3. The van der Waals surface area contributed by atoms with Crippen LogP contribution in [0.25, 0.3) is 20.5 Å². The van der Waals surface area contributed by atoms with Gasteiger partial charge in [-0.1, -0.05) is 60.2 Å². The second kappa shape index (κ2) is 7.45. The van der Waals surface area contributed by atoms with Crippen LogP contribution in [0.15, 0.2) is 34.8 Å². The first kappa shape index (κ1) is 17.6. The zero-order valence-corrected chi connectivity index (χ0v) is 16.8. The second-order valence-corrected chi connectivity index (χ2v) is 8.90. The van der Waals surface area contributed by atoms with Gasteiger partial charge in [0.25, 0.3) is 5.91 Å². The van der Waals surface area contributed by atoms with Crippen molar-refractivity contribution in [3.05, 3.63) is 46.2 Å². The minimum Gasteiger partial charge on any atom is -0.364 e. The van der Waals surface area contributed by atoms with Crippen molar-refractivity contribution in [2.24, 2.45) is 11.7 Å². The third kappa shape index (κ3) is 3.53. The van der Waals surface area contributed by atoms with Gasteiger partial charge in [0, 0.05) is 14.7 Å². The molecule has 1 fully saturated rings. The molecule has 2 heterocycles. The Kier molecular flexibility index (Phi) is 5.05. The summed E-state index contributed by atoms with van der Waals surface area (Å²) in [5, 5.41) is 9.59. The molecule has 4 rings (SSSR count). The number of primary amides is 1. The highest BCUT2D eigenvalue weighted by atomic mass is 79.9. The van der Waals surface area contributed by atoms with E-state index < -0.39 is 5.91 Å². The number of carbonyl (C=O) groups excluding carboxylic acids is 1. The van der Waals surface area contributed by atoms with Crippen LogP contribution in [0, 0.1) is 5.92 Å². The monoisotopic (exact) mass is 429 g/mol. The molecule has 3 aromatic rings. The van der Waals surface area contributed by atoms with Gasteiger partial charge in [-0.2, -0.15) is 5.10 Å². The van der Waals surface area contributed by atoms with Crippen molar-refractivity contribution < 1.29 is 4.79 Å². The van der Waals surface area contributed by atoms with Crippen LogP contribution in [0.5, 0.6) is 0 Å². The van der Waals surface area contributed by atoms with Crippen molar-refractivity contribution >= 4 is 43.3 Å². The van der Waals surface area contributed by atoms with Crippen molar-refractivity contribution in [2.75, 3.05) is 0 Å². The van der Waals surface area contributed by atoms with E-state index in [1.165, 1.54) is 32.1 Å². The summed E-state index contributed by atoms with van der Waals surface area (Å²) >= 11 is 5.04.